The zero-order valence-corrected chi connectivity index (χ0v) is 24.5. The molecule has 2 fully saturated rings. The highest BCUT2D eigenvalue weighted by Crippen LogP contribution is 2.37. The topological polar surface area (TPSA) is 110 Å². The normalized spacial score (nSPS) is 19.2. The number of nitrogens with one attached hydrogen (secondary N) is 4. The number of hydrogen-bond donors (Lipinski definition) is 4. The molecule has 9 heteroatoms. The van der Waals surface area contributed by atoms with E-state index in [9.17, 15) is 9.59 Å². The first-order valence-corrected chi connectivity index (χ1v) is 14.8. The predicted octanol–water partition coefficient (Wildman–Crippen LogP) is 7.06. The molecule has 9 nitrogen and oxygen atoms in total. The van der Waals surface area contributed by atoms with E-state index in [1.54, 1.807) is 61.7 Å². The molecule has 2 heterocycles. The van der Waals surface area contributed by atoms with Crippen molar-refractivity contribution in [1.82, 2.24) is 10.6 Å². The number of hydrogen-bond acceptors (Lipinski definition) is 6. The third kappa shape index (κ3) is 7.15. The number of fused-ring (bicyclic) bond motifs is 2. The van der Waals surface area contributed by atoms with Gasteiger partial charge in [0.05, 0.1) is 7.11 Å². The Morgan fingerprint density at radius 1 is 0.881 bits per heavy atom. The Kier molecular flexibility index (Phi) is 9.17. The van der Waals surface area contributed by atoms with Gasteiger partial charge in [0.15, 0.2) is 17.2 Å². The summed E-state index contributed by atoms with van der Waals surface area (Å²) >= 11 is 0. The molecular formula is C33H40N4O5. The Balaban J connectivity index is 1.15. The maximum atomic E-state index is 12.9. The van der Waals surface area contributed by atoms with Crippen molar-refractivity contribution >= 4 is 23.3 Å². The zero-order chi connectivity index (χ0) is 29.5. The monoisotopic (exact) mass is 572 g/mol. The molecule has 4 N–H and O–H groups in total. The highest BCUT2D eigenvalue weighted by Gasteiger charge is 2.43. The van der Waals surface area contributed by atoms with E-state index in [0.717, 1.165) is 37.9 Å². The summed E-state index contributed by atoms with van der Waals surface area (Å²) in [6.45, 7) is 4.08. The van der Waals surface area contributed by atoms with Gasteiger partial charge < -0.3 is 30.2 Å². The van der Waals surface area contributed by atoms with E-state index in [1.807, 2.05) is 26.0 Å². The van der Waals surface area contributed by atoms with Crippen LogP contribution in [0.1, 0.15) is 69.2 Å². The van der Waals surface area contributed by atoms with Gasteiger partial charge in [0.2, 0.25) is 0 Å². The van der Waals surface area contributed by atoms with Crippen molar-refractivity contribution in [3.63, 3.8) is 0 Å². The van der Waals surface area contributed by atoms with Gasteiger partial charge in [0.1, 0.15) is 11.5 Å². The van der Waals surface area contributed by atoms with Gasteiger partial charge in [-0.3, -0.25) is 10.1 Å². The van der Waals surface area contributed by atoms with Crippen LogP contribution >= 0.6 is 0 Å². The minimum Gasteiger partial charge on any atom is -0.493 e. The second kappa shape index (κ2) is 13.2. The molecule has 42 heavy (non-hydrogen) atoms. The van der Waals surface area contributed by atoms with E-state index >= 15 is 0 Å². The first kappa shape index (κ1) is 29.3. The molecule has 3 amide bonds. The first-order valence-electron chi connectivity index (χ1n) is 14.8. The number of carbonyl (C=O) groups excluding carboxylic acids is 2. The van der Waals surface area contributed by atoms with Gasteiger partial charge in [0, 0.05) is 47.9 Å². The molecule has 0 saturated carbocycles. The van der Waals surface area contributed by atoms with Gasteiger partial charge in [-0.05, 0) is 92.8 Å². The lowest BCUT2D eigenvalue weighted by Crippen LogP contribution is -2.50. The number of amides is 3. The van der Waals surface area contributed by atoms with Crippen LogP contribution in [-0.2, 0) is 0 Å². The van der Waals surface area contributed by atoms with Crippen LogP contribution in [0.3, 0.4) is 0 Å². The average molecular weight is 573 g/mol. The van der Waals surface area contributed by atoms with Crippen LogP contribution in [0.5, 0.6) is 23.0 Å². The molecule has 3 aromatic rings. The minimum absolute atomic E-state index is 0.126. The van der Waals surface area contributed by atoms with E-state index < -0.39 is 0 Å². The predicted molar refractivity (Wildman–Crippen MR) is 164 cm³/mol. The lowest BCUT2D eigenvalue weighted by atomic mass is 10.0. The van der Waals surface area contributed by atoms with Gasteiger partial charge in [-0.1, -0.05) is 13.8 Å². The van der Waals surface area contributed by atoms with Gasteiger partial charge in [0.25, 0.3) is 5.91 Å². The summed E-state index contributed by atoms with van der Waals surface area (Å²) < 4.78 is 17.8. The molecule has 2 unspecified atom stereocenters. The first-order chi connectivity index (χ1) is 20.4. The van der Waals surface area contributed by atoms with Crippen LogP contribution in [0.15, 0.2) is 66.7 Å². The van der Waals surface area contributed by atoms with Crippen molar-refractivity contribution in [2.24, 2.45) is 0 Å². The van der Waals surface area contributed by atoms with Crippen molar-refractivity contribution in [3.8, 4) is 23.0 Å². The van der Waals surface area contributed by atoms with Crippen molar-refractivity contribution in [2.45, 2.75) is 76.6 Å². The zero-order valence-electron chi connectivity index (χ0n) is 24.5. The molecule has 0 radical (unpaired) electrons. The number of urea groups is 1. The molecule has 3 aromatic carbocycles. The fraction of sp³-hybridized carbons (Fsp3) is 0.394. The molecule has 0 spiro atoms. The fourth-order valence-corrected chi connectivity index (χ4v) is 5.61. The van der Waals surface area contributed by atoms with E-state index in [0.29, 0.717) is 40.2 Å². The van der Waals surface area contributed by atoms with E-state index in [-0.39, 0.29) is 23.7 Å². The Labute approximate surface area is 247 Å². The molecule has 2 atom stereocenters. The quantitative estimate of drug-likeness (QED) is 0.196. The van der Waals surface area contributed by atoms with Gasteiger partial charge >= 0.3 is 6.03 Å². The number of benzene rings is 3. The number of carbonyl (C=O) groups is 2. The summed E-state index contributed by atoms with van der Waals surface area (Å²) in [5.74, 6) is 2.12. The number of anilines is 2. The summed E-state index contributed by atoms with van der Waals surface area (Å²) in [4.78, 5) is 25.2. The molecular weight excluding hydrogens is 532 g/mol. The maximum Gasteiger partial charge on any atom is 0.319 e. The van der Waals surface area contributed by atoms with Crippen molar-refractivity contribution in [2.75, 3.05) is 17.7 Å². The number of ether oxygens (including phenoxy) is 3. The van der Waals surface area contributed by atoms with Crippen LogP contribution < -0.4 is 35.5 Å². The number of methoxy groups -OCH3 is 1. The Morgan fingerprint density at radius 2 is 1.60 bits per heavy atom. The van der Waals surface area contributed by atoms with Crippen LogP contribution in [0.25, 0.3) is 0 Å². The van der Waals surface area contributed by atoms with Crippen molar-refractivity contribution < 1.29 is 23.8 Å². The van der Waals surface area contributed by atoms with Crippen molar-refractivity contribution in [3.05, 3.63) is 72.3 Å². The second-order valence-electron chi connectivity index (χ2n) is 11.0. The molecule has 2 aliphatic heterocycles. The maximum absolute atomic E-state index is 12.9. The highest BCUT2D eigenvalue weighted by molar-refractivity contribution is 6.04. The largest absolute Gasteiger partial charge is 0.493 e. The minimum atomic E-state index is -0.261. The third-order valence-electron chi connectivity index (χ3n) is 8.01. The van der Waals surface area contributed by atoms with Gasteiger partial charge in [-0.15, -0.1) is 0 Å². The molecule has 0 aromatic heterocycles. The molecule has 222 valence electrons. The summed E-state index contributed by atoms with van der Waals surface area (Å²) in [7, 11) is 1.55. The summed E-state index contributed by atoms with van der Waals surface area (Å²) in [5, 5.41) is 12.3. The van der Waals surface area contributed by atoms with Gasteiger partial charge in [-0.25, -0.2) is 4.79 Å². The van der Waals surface area contributed by atoms with Crippen LogP contribution in [0.4, 0.5) is 16.2 Å². The molecule has 0 aliphatic carbocycles. The third-order valence-corrected chi connectivity index (χ3v) is 8.01. The van der Waals surface area contributed by atoms with E-state index in [1.165, 1.54) is 12.8 Å². The standard InChI is InChI=1S/C33H40N4O5/c1-4-23(5-2)35-32(39)36-26-12-17-29(30(21-26)40-3)41-27-15-10-24(11-16-27)34-31(38)22-8-13-28(14-9-22)42-33-19-6-7-25(37-33)18-20-33/h8-17,21,23,25,37H,4-7,18-20H2,1-3H3,(H,34,38)(H2,35,36,39). The summed E-state index contributed by atoms with van der Waals surface area (Å²) in [5.41, 5.74) is 1.53. The van der Waals surface area contributed by atoms with Crippen molar-refractivity contribution in [1.29, 1.82) is 0 Å². The molecule has 5 rings (SSSR count). The summed E-state index contributed by atoms with van der Waals surface area (Å²) in [6.07, 6.45) is 7.31. The van der Waals surface area contributed by atoms with E-state index in [2.05, 4.69) is 21.3 Å². The Hall–Kier alpha value is -4.24. The Morgan fingerprint density at radius 3 is 2.31 bits per heavy atom. The Bertz CT molecular complexity index is 1370. The fourth-order valence-electron chi connectivity index (χ4n) is 5.61. The van der Waals surface area contributed by atoms with Gasteiger partial charge in [-0.2, -0.15) is 0 Å². The second-order valence-corrected chi connectivity index (χ2v) is 11.0. The SMILES string of the molecule is CCC(CC)NC(=O)Nc1ccc(Oc2ccc(NC(=O)c3ccc(OC45CCCC(CC4)N5)cc3)cc2)c(OC)c1. The number of piperidine rings is 1. The summed E-state index contributed by atoms with van der Waals surface area (Å²) in [6, 6.07) is 20.0. The molecule has 2 saturated heterocycles. The highest BCUT2D eigenvalue weighted by atomic mass is 16.5. The smallest absolute Gasteiger partial charge is 0.319 e. The van der Waals surface area contributed by atoms with E-state index in [4.69, 9.17) is 14.2 Å². The number of rotatable bonds is 11. The molecule has 2 bridgehead atoms. The van der Waals surface area contributed by atoms with Crippen LogP contribution in [0, 0.1) is 0 Å². The lowest BCUT2D eigenvalue weighted by molar-refractivity contribution is 0.0236. The van der Waals surface area contributed by atoms with Crippen LogP contribution in [0.2, 0.25) is 0 Å². The average Bonchev–Trinajstić information content (AvgIpc) is 3.29. The van der Waals surface area contributed by atoms with Crippen LogP contribution in [-0.4, -0.2) is 36.9 Å². The molecule has 2 aliphatic rings. The lowest BCUT2D eigenvalue weighted by Gasteiger charge is -2.35.